The molecule has 0 bridgehead atoms. The Morgan fingerprint density at radius 1 is 1.53 bits per heavy atom. The maximum atomic E-state index is 12.6. The number of carboxylic acids is 1. The zero-order chi connectivity index (χ0) is 13.6. The van der Waals surface area contributed by atoms with E-state index >= 15 is 0 Å². The fourth-order valence-electron chi connectivity index (χ4n) is 2.43. The van der Waals surface area contributed by atoms with Crippen molar-refractivity contribution in [3.05, 3.63) is 17.5 Å². The number of carbonyl (C=O) groups excluding carboxylic acids is 1. The SMILES string of the molecule is Cc1[nH]ncc1C(=O)N1C(C(=O)O)CSC1C1CC1. The number of aliphatic carboxylic acids is 1. The molecule has 1 aliphatic carbocycles. The summed E-state index contributed by atoms with van der Waals surface area (Å²) in [5, 5.41) is 15.9. The summed E-state index contributed by atoms with van der Waals surface area (Å²) >= 11 is 1.58. The first kappa shape index (κ1) is 12.5. The Labute approximate surface area is 114 Å². The summed E-state index contributed by atoms with van der Waals surface area (Å²) in [7, 11) is 0. The third-order valence-corrected chi connectivity index (χ3v) is 5.10. The Bertz CT molecular complexity index is 526. The van der Waals surface area contributed by atoms with Crippen LogP contribution in [0.5, 0.6) is 0 Å². The number of carbonyl (C=O) groups is 2. The molecule has 0 aromatic carbocycles. The number of H-pyrrole nitrogens is 1. The largest absolute Gasteiger partial charge is 0.480 e. The molecule has 7 heteroatoms. The second-order valence-electron chi connectivity index (χ2n) is 5.04. The van der Waals surface area contributed by atoms with E-state index in [-0.39, 0.29) is 11.3 Å². The lowest BCUT2D eigenvalue weighted by molar-refractivity contribution is -0.141. The molecule has 2 aliphatic rings. The van der Waals surface area contributed by atoms with Gasteiger partial charge in [0.05, 0.1) is 17.1 Å². The number of hydrogen-bond acceptors (Lipinski definition) is 4. The van der Waals surface area contributed by atoms with E-state index in [1.807, 2.05) is 0 Å². The first-order valence-corrected chi connectivity index (χ1v) is 7.31. The minimum atomic E-state index is -0.926. The van der Waals surface area contributed by atoms with Crippen LogP contribution in [0.4, 0.5) is 0 Å². The molecule has 1 saturated heterocycles. The lowest BCUT2D eigenvalue weighted by Crippen LogP contribution is -2.46. The summed E-state index contributed by atoms with van der Waals surface area (Å²) in [5.74, 6) is -0.227. The molecule has 102 valence electrons. The Morgan fingerprint density at radius 3 is 2.79 bits per heavy atom. The highest BCUT2D eigenvalue weighted by Gasteiger charge is 2.48. The molecule has 0 radical (unpaired) electrons. The van der Waals surface area contributed by atoms with Gasteiger partial charge in [0, 0.05) is 11.4 Å². The van der Waals surface area contributed by atoms with Crippen LogP contribution in [0.1, 0.15) is 28.9 Å². The van der Waals surface area contributed by atoms with Crippen molar-refractivity contribution >= 4 is 23.6 Å². The van der Waals surface area contributed by atoms with Crippen LogP contribution in [0.2, 0.25) is 0 Å². The van der Waals surface area contributed by atoms with Crippen molar-refractivity contribution in [2.75, 3.05) is 5.75 Å². The molecule has 2 fully saturated rings. The minimum Gasteiger partial charge on any atom is -0.480 e. The number of amides is 1. The molecule has 2 unspecified atom stereocenters. The van der Waals surface area contributed by atoms with Crippen LogP contribution in [-0.4, -0.2) is 49.2 Å². The second kappa shape index (κ2) is 4.56. The zero-order valence-corrected chi connectivity index (χ0v) is 11.3. The van der Waals surface area contributed by atoms with E-state index in [0.717, 1.165) is 12.8 Å². The van der Waals surface area contributed by atoms with Gasteiger partial charge in [-0.15, -0.1) is 11.8 Å². The molecule has 19 heavy (non-hydrogen) atoms. The lowest BCUT2D eigenvalue weighted by atomic mass is 10.1. The monoisotopic (exact) mass is 281 g/mol. The number of aryl methyl sites for hydroxylation is 1. The van der Waals surface area contributed by atoms with Gasteiger partial charge < -0.3 is 10.0 Å². The quantitative estimate of drug-likeness (QED) is 0.866. The van der Waals surface area contributed by atoms with Crippen molar-refractivity contribution in [1.29, 1.82) is 0 Å². The normalized spacial score (nSPS) is 26.7. The number of aromatic amines is 1. The molecule has 6 nitrogen and oxygen atoms in total. The van der Waals surface area contributed by atoms with Crippen LogP contribution in [0.15, 0.2) is 6.20 Å². The molecular weight excluding hydrogens is 266 g/mol. The van der Waals surface area contributed by atoms with Gasteiger partial charge in [0.1, 0.15) is 6.04 Å². The Balaban J connectivity index is 1.91. The molecular formula is C12H15N3O3S. The molecule has 1 aromatic heterocycles. The molecule has 1 aromatic rings. The van der Waals surface area contributed by atoms with E-state index < -0.39 is 12.0 Å². The third-order valence-electron chi connectivity index (χ3n) is 3.64. The summed E-state index contributed by atoms with van der Waals surface area (Å²) in [4.78, 5) is 25.4. The summed E-state index contributed by atoms with van der Waals surface area (Å²) in [5.41, 5.74) is 1.15. The van der Waals surface area contributed by atoms with Crippen LogP contribution < -0.4 is 0 Å². The highest BCUT2D eigenvalue weighted by atomic mass is 32.2. The molecule has 1 amide bonds. The van der Waals surface area contributed by atoms with E-state index in [1.165, 1.54) is 6.20 Å². The van der Waals surface area contributed by atoms with Crippen molar-refractivity contribution in [3.8, 4) is 0 Å². The fourth-order valence-corrected chi connectivity index (χ4v) is 4.06. The van der Waals surface area contributed by atoms with Crippen molar-refractivity contribution in [2.45, 2.75) is 31.2 Å². The fraction of sp³-hybridized carbons (Fsp3) is 0.583. The zero-order valence-electron chi connectivity index (χ0n) is 10.5. The number of nitrogens with one attached hydrogen (secondary N) is 1. The van der Waals surface area contributed by atoms with Crippen LogP contribution in [-0.2, 0) is 4.79 Å². The van der Waals surface area contributed by atoms with Crippen LogP contribution in [0, 0.1) is 12.8 Å². The number of aromatic nitrogens is 2. The molecule has 1 saturated carbocycles. The topological polar surface area (TPSA) is 86.3 Å². The minimum absolute atomic E-state index is 0.00269. The van der Waals surface area contributed by atoms with Gasteiger partial charge >= 0.3 is 5.97 Å². The number of hydrogen-bond donors (Lipinski definition) is 2. The first-order valence-electron chi connectivity index (χ1n) is 6.26. The smallest absolute Gasteiger partial charge is 0.327 e. The van der Waals surface area contributed by atoms with Gasteiger partial charge in [-0.25, -0.2) is 4.79 Å². The second-order valence-corrected chi connectivity index (χ2v) is 6.19. The Kier molecular flexibility index (Phi) is 3.00. The average Bonchev–Trinajstić information content (AvgIpc) is 2.97. The maximum Gasteiger partial charge on any atom is 0.327 e. The molecule has 3 rings (SSSR count). The van der Waals surface area contributed by atoms with Crippen LogP contribution in [0.3, 0.4) is 0 Å². The Morgan fingerprint density at radius 2 is 2.26 bits per heavy atom. The summed E-state index contributed by atoms with van der Waals surface area (Å²) in [6.45, 7) is 1.77. The molecule has 1 aliphatic heterocycles. The molecule has 0 spiro atoms. The molecule has 2 atom stereocenters. The molecule has 2 heterocycles. The van der Waals surface area contributed by atoms with E-state index in [4.69, 9.17) is 0 Å². The van der Waals surface area contributed by atoms with Gasteiger partial charge in [-0.2, -0.15) is 5.10 Å². The summed E-state index contributed by atoms with van der Waals surface area (Å²) in [6, 6.07) is -0.725. The predicted molar refractivity (Wildman–Crippen MR) is 69.9 cm³/mol. The third kappa shape index (κ3) is 2.11. The lowest BCUT2D eigenvalue weighted by Gasteiger charge is -2.27. The van der Waals surface area contributed by atoms with E-state index in [0.29, 0.717) is 22.9 Å². The van der Waals surface area contributed by atoms with E-state index in [9.17, 15) is 14.7 Å². The van der Waals surface area contributed by atoms with Gasteiger partial charge in [0.25, 0.3) is 5.91 Å². The van der Waals surface area contributed by atoms with Gasteiger partial charge in [-0.3, -0.25) is 9.89 Å². The number of carboxylic acid groups (broad SMARTS) is 1. The van der Waals surface area contributed by atoms with Gasteiger partial charge in [-0.05, 0) is 25.7 Å². The Hall–Kier alpha value is -1.50. The standard InChI is InChI=1S/C12H15N3O3S/c1-6-8(4-13-14-6)10(16)15-9(12(17)18)5-19-11(15)7-2-3-7/h4,7,9,11H,2-3,5H2,1H3,(H,13,14)(H,17,18). The van der Waals surface area contributed by atoms with E-state index in [1.54, 1.807) is 23.6 Å². The number of nitrogens with zero attached hydrogens (tertiary/aromatic N) is 2. The highest BCUT2D eigenvalue weighted by molar-refractivity contribution is 8.00. The van der Waals surface area contributed by atoms with Crippen molar-refractivity contribution < 1.29 is 14.7 Å². The first-order chi connectivity index (χ1) is 9.09. The van der Waals surface area contributed by atoms with Gasteiger partial charge in [-0.1, -0.05) is 0 Å². The van der Waals surface area contributed by atoms with Crippen molar-refractivity contribution in [1.82, 2.24) is 15.1 Å². The van der Waals surface area contributed by atoms with Gasteiger partial charge in [0.2, 0.25) is 0 Å². The highest BCUT2D eigenvalue weighted by Crippen LogP contribution is 2.45. The molecule has 2 N–H and O–H groups in total. The summed E-state index contributed by atoms with van der Waals surface area (Å²) in [6.07, 6.45) is 3.64. The average molecular weight is 281 g/mol. The number of thioether (sulfide) groups is 1. The van der Waals surface area contributed by atoms with Gasteiger partial charge in [0.15, 0.2) is 0 Å². The van der Waals surface area contributed by atoms with E-state index in [2.05, 4.69) is 10.2 Å². The van der Waals surface area contributed by atoms with Crippen LogP contribution >= 0.6 is 11.8 Å². The predicted octanol–water partition coefficient (Wildman–Crippen LogP) is 1.10. The number of rotatable bonds is 3. The maximum absolute atomic E-state index is 12.6. The van der Waals surface area contributed by atoms with Crippen LogP contribution in [0.25, 0.3) is 0 Å². The summed E-state index contributed by atoms with van der Waals surface area (Å²) < 4.78 is 0. The van der Waals surface area contributed by atoms with Crippen molar-refractivity contribution in [2.24, 2.45) is 5.92 Å². The van der Waals surface area contributed by atoms with Crippen molar-refractivity contribution in [3.63, 3.8) is 0 Å².